The van der Waals surface area contributed by atoms with Gasteiger partial charge in [-0.2, -0.15) is 13.2 Å². The molecule has 27 heavy (non-hydrogen) atoms. The smallest absolute Gasteiger partial charge is 0.418 e. The lowest BCUT2D eigenvalue weighted by Gasteiger charge is -2.14. The number of hydrogen-bond donors (Lipinski definition) is 2. The third-order valence-electron chi connectivity index (χ3n) is 3.60. The number of amides is 1. The quantitative estimate of drug-likeness (QED) is 0.702. The largest absolute Gasteiger partial charge is 0.462 e. The fourth-order valence-electron chi connectivity index (χ4n) is 2.39. The summed E-state index contributed by atoms with van der Waals surface area (Å²) in [5, 5.41) is 5.20. The molecule has 0 heterocycles. The third kappa shape index (κ3) is 5.73. The second-order valence-corrected chi connectivity index (χ2v) is 5.53. The average molecular weight is 380 g/mol. The number of carbonyl (C=O) groups is 2. The molecule has 0 saturated carbocycles. The highest BCUT2D eigenvalue weighted by atomic mass is 19.4. The van der Waals surface area contributed by atoms with Gasteiger partial charge in [0.25, 0.3) is 0 Å². The van der Waals surface area contributed by atoms with Crippen molar-refractivity contribution in [1.29, 1.82) is 0 Å². The maximum absolute atomic E-state index is 12.9. The summed E-state index contributed by atoms with van der Waals surface area (Å²) < 4.78 is 43.7. The van der Waals surface area contributed by atoms with Crippen LogP contribution in [-0.2, 0) is 15.7 Å². The summed E-state index contributed by atoms with van der Waals surface area (Å²) in [5.74, 6) is -1.01. The molecule has 144 valence electrons. The first kappa shape index (κ1) is 20.3. The molecule has 0 aliphatic rings. The molecular weight excluding hydrogens is 361 g/mol. The molecule has 0 aliphatic carbocycles. The van der Waals surface area contributed by atoms with Gasteiger partial charge >= 0.3 is 12.1 Å². The average Bonchev–Trinajstić information content (AvgIpc) is 2.62. The van der Waals surface area contributed by atoms with E-state index in [4.69, 9.17) is 4.74 Å². The molecule has 2 rings (SSSR count). The molecule has 0 unspecified atom stereocenters. The summed E-state index contributed by atoms with van der Waals surface area (Å²) in [6.07, 6.45) is -4.56. The van der Waals surface area contributed by atoms with Crippen LogP contribution in [-0.4, -0.2) is 25.0 Å². The molecule has 0 saturated heterocycles. The van der Waals surface area contributed by atoms with E-state index in [0.717, 1.165) is 6.07 Å². The third-order valence-corrected chi connectivity index (χ3v) is 3.60. The van der Waals surface area contributed by atoms with Crippen LogP contribution in [0.3, 0.4) is 0 Å². The molecule has 0 atom stereocenters. The maximum atomic E-state index is 12.9. The number of para-hydroxylation sites is 2. The highest BCUT2D eigenvalue weighted by molar-refractivity contribution is 6.01. The Balaban J connectivity index is 1.96. The Morgan fingerprint density at radius 1 is 1.00 bits per heavy atom. The van der Waals surface area contributed by atoms with Crippen LogP contribution in [0.2, 0.25) is 0 Å². The van der Waals surface area contributed by atoms with Crippen molar-refractivity contribution in [3.05, 3.63) is 59.7 Å². The first-order valence-corrected chi connectivity index (χ1v) is 8.29. The Labute approximate surface area is 154 Å². The van der Waals surface area contributed by atoms with E-state index in [1.807, 2.05) is 0 Å². The predicted molar refractivity (Wildman–Crippen MR) is 95.6 cm³/mol. The van der Waals surface area contributed by atoms with Crippen molar-refractivity contribution >= 4 is 23.3 Å². The van der Waals surface area contributed by atoms with Crippen LogP contribution in [0.5, 0.6) is 0 Å². The summed E-state index contributed by atoms with van der Waals surface area (Å²) in [7, 11) is 0. The van der Waals surface area contributed by atoms with E-state index in [2.05, 4.69) is 10.6 Å². The summed E-state index contributed by atoms with van der Waals surface area (Å²) in [5.41, 5.74) is -0.387. The van der Waals surface area contributed by atoms with Crippen molar-refractivity contribution < 1.29 is 27.5 Å². The SMILES string of the molecule is CCOC(=O)c1ccccc1NC(=O)CCNc1ccccc1C(F)(F)F. The highest BCUT2D eigenvalue weighted by Gasteiger charge is 2.33. The second kappa shape index (κ2) is 9.07. The standard InChI is InChI=1S/C19H19F3N2O3/c1-2-27-18(26)13-7-3-5-9-15(13)24-17(25)11-12-23-16-10-6-4-8-14(16)19(20,21)22/h3-10,23H,2,11-12H2,1H3,(H,24,25). The van der Waals surface area contributed by atoms with Gasteiger partial charge in [-0.3, -0.25) is 4.79 Å². The Bertz CT molecular complexity index is 807. The molecular formula is C19H19F3N2O3. The van der Waals surface area contributed by atoms with Crippen molar-refractivity contribution in [2.45, 2.75) is 19.5 Å². The van der Waals surface area contributed by atoms with Gasteiger partial charge in [0, 0.05) is 18.7 Å². The monoisotopic (exact) mass is 380 g/mol. The normalized spacial score (nSPS) is 11.0. The lowest BCUT2D eigenvalue weighted by Crippen LogP contribution is -2.19. The Morgan fingerprint density at radius 2 is 1.63 bits per heavy atom. The van der Waals surface area contributed by atoms with Crippen LogP contribution in [0.15, 0.2) is 48.5 Å². The molecule has 0 spiro atoms. The lowest BCUT2D eigenvalue weighted by molar-refractivity contribution is -0.137. The molecule has 2 N–H and O–H groups in total. The fraction of sp³-hybridized carbons (Fsp3) is 0.263. The molecule has 0 bridgehead atoms. The van der Waals surface area contributed by atoms with E-state index in [1.165, 1.54) is 24.3 Å². The predicted octanol–water partition coefficient (Wildman–Crippen LogP) is 4.32. The molecule has 0 fully saturated rings. The van der Waals surface area contributed by atoms with Gasteiger partial charge in [-0.25, -0.2) is 4.79 Å². The van der Waals surface area contributed by atoms with Gasteiger partial charge in [0.2, 0.25) is 5.91 Å². The number of hydrogen-bond acceptors (Lipinski definition) is 4. The zero-order chi connectivity index (χ0) is 19.9. The van der Waals surface area contributed by atoms with Gasteiger partial charge in [-0.1, -0.05) is 24.3 Å². The van der Waals surface area contributed by atoms with Crippen molar-refractivity contribution in [3.8, 4) is 0 Å². The number of anilines is 2. The van der Waals surface area contributed by atoms with Gasteiger partial charge < -0.3 is 15.4 Å². The first-order valence-electron chi connectivity index (χ1n) is 8.29. The minimum Gasteiger partial charge on any atom is -0.462 e. The minimum atomic E-state index is -4.48. The highest BCUT2D eigenvalue weighted by Crippen LogP contribution is 2.34. The van der Waals surface area contributed by atoms with Crippen LogP contribution in [0, 0.1) is 0 Å². The molecule has 8 heteroatoms. The van der Waals surface area contributed by atoms with Crippen LogP contribution < -0.4 is 10.6 Å². The van der Waals surface area contributed by atoms with Crippen LogP contribution >= 0.6 is 0 Å². The summed E-state index contributed by atoms with van der Waals surface area (Å²) in [6.45, 7) is 1.87. The summed E-state index contributed by atoms with van der Waals surface area (Å²) >= 11 is 0. The second-order valence-electron chi connectivity index (χ2n) is 5.53. The first-order chi connectivity index (χ1) is 12.8. The van der Waals surface area contributed by atoms with Crippen LogP contribution in [0.25, 0.3) is 0 Å². The number of esters is 1. The van der Waals surface area contributed by atoms with Gasteiger partial charge in [-0.15, -0.1) is 0 Å². The molecule has 1 amide bonds. The van der Waals surface area contributed by atoms with E-state index in [-0.39, 0.29) is 36.5 Å². The van der Waals surface area contributed by atoms with Gasteiger partial charge in [0.1, 0.15) is 0 Å². The van der Waals surface area contributed by atoms with E-state index >= 15 is 0 Å². The zero-order valence-electron chi connectivity index (χ0n) is 14.6. The Kier molecular flexibility index (Phi) is 6.81. The Hall–Kier alpha value is -3.03. The number of halogens is 3. The fourth-order valence-corrected chi connectivity index (χ4v) is 2.39. The number of rotatable bonds is 7. The van der Waals surface area contributed by atoms with Gasteiger partial charge in [0.05, 0.1) is 23.4 Å². The molecule has 0 radical (unpaired) electrons. The number of carbonyl (C=O) groups excluding carboxylic acids is 2. The van der Waals surface area contributed by atoms with E-state index in [9.17, 15) is 22.8 Å². The molecule has 2 aromatic rings. The van der Waals surface area contributed by atoms with E-state index < -0.39 is 23.6 Å². The molecule has 0 aliphatic heterocycles. The lowest BCUT2D eigenvalue weighted by atomic mass is 10.1. The number of ether oxygens (including phenoxy) is 1. The van der Waals surface area contributed by atoms with Gasteiger partial charge in [0.15, 0.2) is 0 Å². The van der Waals surface area contributed by atoms with Crippen molar-refractivity contribution in [2.24, 2.45) is 0 Å². The van der Waals surface area contributed by atoms with E-state index in [0.29, 0.717) is 0 Å². The van der Waals surface area contributed by atoms with E-state index in [1.54, 1.807) is 25.1 Å². The molecule has 5 nitrogen and oxygen atoms in total. The topological polar surface area (TPSA) is 67.4 Å². The minimum absolute atomic E-state index is 0.000496. The Morgan fingerprint density at radius 3 is 2.30 bits per heavy atom. The number of nitrogens with one attached hydrogen (secondary N) is 2. The van der Waals surface area contributed by atoms with Crippen LogP contribution in [0.1, 0.15) is 29.3 Å². The number of benzene rings is 2. The summed E-state index contributed by atoms with van der Waals surface area (Å²) in [6, 6.07) is 11.4. The van der Waals surface area contributed by atoms with Crippen molar-refractivity contribution in [1.82, 2.24) is 0 Å². The van der Waals surface area contributed by atoms with Crippen molar-refractivity contribution in [2.75, 3.05) is 23.8 Å². The maximum Gasteiger partial charge on any atom is 0.418 e. The summed E-state index contributed by atoms with van der Waals surface area (Å²) in [4.78, 5) is 24.0. The molecule has 2 aromatic carbocycles. The van der Waals surface area contributed by atoms with Gasteiger partial charge in [-0.05, 0) is 31.2 Å². The van der Waals surface area contributed by atoms with Crippen molar-refractivity contribution in [3.63, 3.8) is 0 Å². The van der Waals surface area contributed by atoms with Crippen LogP contribution in [0.4, 0.5) is 24.5 Å². The number of alkyl halides is 3. The molecule has 0 aromatic heterocycles. The zero-order valence-corrected chi connectivity index (χ0v) is 14.6.